The van der Waals surface area contributed by atoms with E-state index < -0.39 is 16.2 Å². The van der Waals surface area contributed by atoms with Gasteiger partial charge in [0.05, 0.1) is 11.3 Å². The van der Waals surface area contributed by atoms with Crippen LogP contribution in [0.15, 0.2) is 24.4 Å². The molecule has 1 aromatic carbocycles. The molecule has 2 aromatic rings. The third-order valence-corrected chi connectivity index (χ3v) is 6.00. The lowest BCUT2D eigenvalue weighted by atomic mass is 10.1. The maximum absolute atomic E-state index is 12.4. The molecule has 3 N–H and O–H groups in total. The number of carboxylic acid groups (broad SMARTS) is 1. The van der Waals surface area contributed by atoms with Crippen LogP contribution in [0.1, 0.15) is 30.1 Å². The Hall–Kier alpha value is -2.06. The van der Waals surface area contributed by atoms with Gasteiger partial charge in [0.1, 0.15) is 0 Å². The van der Waals surface area contributed by atoms with Crippen molar-refractivity contribution in [3.05, 3.63) is 30.0 Å². The van der Waals surface area contributed by atoms with Crippen LogP contribution in [0, 0.1) is 5.92 Å². The van der Waals surface area contributed by atoms with Crippen molar-refractivity contribution >= 4 is 32.8 Å². The van der Waals surface area contributed by atoms with Crippen LogP contribution < -0.4 is 4.72 Å². The number of carbonyl (C=O) groups is 1. The summed E-state index contributed by atoms with van der Waals surface area (Å²) in [7, 11) is -2.07. The van der Waals surface area contributed by atoms with Crippen LogP contribution in [0.5, 0.6) is 0 Å². The first kappa shape index (κ1) is 15.8. The second-order valence-corrected chi connectivity index (χ2v) is 7.70. The van der Waals surface area contributed by atoms with Crippen LogP contribution in [0.3, 0.4) is 0 Å². The molecular formula is C15H19N3O4S. The SMILES string of the molecule is CC(C1CC1)N(C)S(=O)(=O)Nc1ccc2c(C(=O)O)c[nH]c2c1. The van der Waals surface area contributed by atoms with E-state index in [4.69, 9.17) is 5.11 Å². The number of nitrogens with zero attached hydrogens (tertiary/aromatic N) is 1. The lowest BCUT2D eigenvalue weighted by molar-refractivity contribution is 0.0699. The van der Waals surface area contributed by atoms with E-state index in [1.54, 1.807) is 25.2 Å². The van der Waals surface area contributed by atoms with Gasteiger partial charge in [-0.25, -0.2) is 4.79 Å². The maximum Gasteiger partial charge on any atom is 0.337 e. The molecule has 0 radical (unpaired) electrons. The molecule has 0 saturated heterocycles. The van der Waals surface area contributed by atoms with Crippen molar-refractivity contribution in [2.45, 2.75) is 25.8 Å². The monoisotopic (exact) mass is 337 g/mol. The molecule has 1 aromatic heterocycles. The standard InChI is InChI=1S/C15H19N3O4S/c1-9(10-3-4-10)18(2)23(21,22)17-11-5-6-12-13(15(19)20)8-16-14(12)7-11/h5-10,16-17H,3-4H2,1-2H3,(H,19,20). The summed E-state index contributed by atoms with van der Waals surface area (Å²) in [5.41, 5.74) is 1.13. The van der Waals surface area contributed by atoms with Crippen molar-refractivity contribution < 1.29 is 18.3 Å². The zero-order valence-corrected chi connectivity index (χ0v) is 13.7. The number of nitrogens with one attached hydrogen (secondary N) is 2. The van der Waals surface area contributed by atoms with Crippen molar-refractivity contribution in [1.82, 2.24) is 9.29 Å². The van der Waals surface area contributed by atoms with Gasteiger partial charge in [-0.2, -0.15) is 12.7 Å². The Bertz CT molecular complexity index is 855. The molecule has 0 amide bonds. The topological polar surface area (TPSA) is 102 Å². The number of hydrogen-bond donors (Lipinski definition) is 3. The number of aromatic nitrogens is 1. The van der Waals surface area contributed by atoms with Gasteiger partial charge in [-0.1, -0.05) is 0 Å². The van der Waals surface area contributed by atoms with Crippen LogP contribution in [0.4, 0.5) is 5.69 Å². The van der Waals surface area contributed by atoms with Crippen LogP contribution in [-0.2, 0) is 10.2 Å². The lowest BCUT2D eigenvalue weighted by Crippen LogP contribution is -2.40. The molecular weight excluding hydrogens is 318 g/mol. The smallest absolute Gasteiger partial charge is 0.337 e. The summed E-state index contributed by atoms with van der Waals surface area (Å²) in [4.78, 5) is 13.9. The van der Waals surface area contributed by atoms with E-state index in [0.717, 1.165) is 12.8 Å². The van der Waals surface area contributed by atoms with Gasteiger partial charge in [-0.15, -0.1) is 0 Å². The van der Waals surface area contributed by atoms with Gasteiger partial charge in [-0.05, 0) is 43.9 Å². The number of aromatic amines is 1. The van der Waals surface area contributed by atoms with E-state index in [-0.39, 0.29) is 11.6 Å². The first-order valence-corrected chi connectivity index (χ1v) is 8.84. The summed E-state index contributed by atoms with van der Waals surface area (Å²) >= 11 is 0. The van der Waals surface area contributed by atoms with Crippen molar-refractivity contribution in [2.24, 2.45) is 5.92 Å². The molecule has 3 rings (SSSR count). The Balaban J connectivity index is 1.84. The highest BCUT2D eigenvalue weighted by Crippen LogP contribution is 2.35. The minimum atomic E-state index is -3.64. The minimum Gasteiger partial charge on any atom is -0.478 e. The molecule has 0 bridgehead atoms. The fourth-order valence-corrected chi connectivity index (χ4v) is 3.86. The van der Waals surface area contributed by atoms with Crippen LogP contribution in [-0.4, -0.2) is 41.9 Å². The van der Waals surface area contributed by atoms with Gasteiger partial charge in [0.2, 0.25) is 0 Å². The summed E-state index contributed by atoms with van der Waals surface area (Å²) < 4.78 is 28.8. The van der Waals surface area contributed by atoms with Crippen molar-refractivity contribution in [3.8, 4) is 0 Å². The van der Waals surface area contributed by atoms with Crippen LogP contribution in [0.2, 0.25) is 0 Å². The van der Waals surface area contributed by atoms with Crippen LogP contribution in [0.25, 0.3) is 10.9 Å². The Morgan fingerprint density at radius 1 is 1.43 bits per heavy atom. The Morgan fingerprint density at radius 3 is 2.74 bits per heavy atom. The molecule has 124 valence electrons. The lowest BCUT2D eigenvalue weighted by Gasteiger charge is -2.24. The molecule has 23 heavy (non-hydrogen) atoms. The molecule has 7 nitrogen and oxygen atoms in total. The Morgan fingerprint density at radius 2 is 2.13 bits per heavy atom. The summed E-state index contributed by atoms with van der Waals surface area (Å²) in [5, 5.41) is 9.62. The first-order valence-electron chi connectivity index (χ1n) is 7.40. The first-order chi connectivity index (χ1) is 10.8. The molecule has 1 saturated carbocycles. The second kappa shape index (κ2) is 5.54. The van der Waals surface area contributed by atoms with Crippen molar-refractivity contribution in [3.63, 3.8) is 0 Å². The Kier molecular flexibility index (Phi) is 3.81. The van der Waals surface area contributed by atoms with E-state index in [2.05, 4.69) is 9.71 Å². The van der Waals surface area contributed by atoms with Gasteiger partial charge >= 0.3 is 16.2 Å². The van der Waals surface area contributed by atoms with Crippen molar-refractivity contribution in [2.75, 3.05) is 11.8 Å². The zero-order chi connectivity index (χ0) is 16.8. The normalized spacial score (nSPS) is 16.7. The largest absolute Gasteiger partial charge is 0.478 e. The predicted molar refractivity (Wildman–Crippen MR) is 87.7 cm³/mol. The molecule has 1 aliphatic rings. The zero-order valence-electron chi connectivity index (χ0n) is 12.9. The average molecular weight is 337 g/mol. The third-order valence-electron chi connectivity index (χ3n) is 4.42. The van der Waals surface area contributed by atoms with E-state index in [1.807, 2.05) is 6.92 Å². The molecule has 8 heteroatoms. The molecule has 1 atom stereocenters. The van der Waals surface area contributed by atoms with Gasteiger partial charge in [0.25, 0.3) is 0 Å². The fourth-order valence-electron chi connectivity index (χ4n) is 2.68. The molecule has 0 spiro atoms. The molecule has 1 heterocycles. The molecule has 1 unspecified atom stereocenters. The highest BCUT2D eigenvalue weighted by atomic mass is 32.2. The summed E-state index contributed by atoms with van der Waals surface area (Å²) in [6, 6.07) is 4.71. The van der Waals surface area contributed by atoms with Gasteiger partial charge in [0, 0.05) is 30.2 Å². The number of fused-ring (bicyclic) bond motifs is 1. The number of anilines is 1. The van der Waals surface area contributed by atoms with Crippen molar-refractivity contribution in [1.29, 1.82) is 0 Å². The highest BCUT2D eigenvalue weighted by molar-refractivity contribution is 7.90. The van der Waals surface area contributed by atoms with E-state index in [9.17, 15) is 13.2 Å². The predicted octanol–water partition coefficient (Wildman–Crippen LogP) is 2.25. The summed E-state index contributed by atoms with van der Waals surface area (Å²) in [6.45, 7) is 1.91. The van der Waals surface area contributed by atoms with Gasteiger partial charge < -0.3 is 10.1 Å². The second-order valence-electron chi connectivity index (χ2n) is 5.97. The number of carboxylic acids is 1. The minimum absolute atomic E-state index is 0.0414. The number of benzene rings is 1. The van der Waals surface area contributed by atoms with Crippen LogP contribution >= 0.6 is 0 Å². The number of rotatable bonds is 6. The summed E-state index contributed by atoms with van der Waals surface area (Å²) in [5.74, 6) is -0.594. The third kappa shape index (κ3) is 3.04. The van der Waals surface area contributed by atoms with Gasteiger partial charge in [0.15, 0.2) is 0 Å². The van der Waals surface area contributed by atoms with E-state index in [0.29, 0.717) is 22.5 Å². The fraction of sp³-hybridized carbons (Fsp3) is 0.400. The van der Waals surface area contributed by atoms with E-state index >= 15 is 0 Å². The molecule has 1 fully saturated rings. The molecule has 1 aliphatic carbocycles. The maximum atomic E-state index is 12.4. The quantitative estimate of drug-likeness (QED) is 0.752. The summed E-state index contributed by atoms with van der Waals surface area (Å²) in [6.07, 6.45) is 3.52. The van der Waals surface area contributed by atoms with E-state index in [1.165, 1.54) is 10.5 Å². The number of H-pyrrole nitrogens is 1. The number of aromatic carboxylic acids is 1. The Labute approximate surface area is 134 Å². The average Bonchev–Trinajstić information content (AvgIpc) is 3.24. The van der Waals surface area contributed by atoms with Gasteiger partial charge in [-0.3, -0.25) is 4.72 Å². The number of hydrogen-bond acceptors (Lipinski definition) is 3. The molecule has 0 aliphatic heterocycles. The highest BCUT2D eigenvalue weighted by Gasteiger charge is 2.35.